The maximum Gasteiger partial charge on any atom is 0.280 e. The molecule has 3 aromatic rings. The number of rotatable bonds is 2. The molecule has 1 aromatic carbocycles. The second-order valence-electron chi connectivity index (χ2n) is 4.06. The largest absolute Gasteiger partial charge is 0.332 e. The highest BCUT2D eigenvalue weighted by atomic mass is 19.1. The van der Waals surface area contributed by atoms with E-state index in [0.29, 0.717) is 23.1 Å². The van der Waals surface area contributed by atoms with Gasteiger partial charge >= 0.3 is 0 Å². The van der Waals surface area contributed by atoms with Gasteiger partial charge in [-0.05, 0) is 38.1 Å². The summed E-state index contributed by atoms with van der Waals surface area (Å²) in [5.41, 5.74) is 1.98. The van der Waals surface area contributed by atoms with Gasteiger partial charge in [-0.15, -0.1) is 5.10 Å². The molecule has 0 fully saturated rings. The lowest BCUT2D eigenvalue weighted by Crippen LogP contribution is -1.99. The molecule has 7 heteroatoms. The van der Waals surface area contributed by atoms with E-state index in [1.54, 1.807) is 23.7 Å². The van der Waals surface area contributed by atoms with Crippen molar-refractivity contribution in [3.63, 3.8) is 0 Å². The second kappa shape index (κ2) is 4.27. The van der Waals surface area contributed by atoms with Gasteiger partial charge < -0.3 is 4.52 Å². The number of hydrogen-bond donors (Lipinski definition) is 0. The Morgan fingerprint density at radius 2 is 1.89 bits per heavy atom. The van der Waals surface area contributed by atoms with E-state index in [-0.39, 0.29) is 5.82 Å². The van der Waals surface area contributed by atoms with Crippen LogP contribution in [-0.2, 0) is 0 Å². The Kier molecular flexibility index (Phi) is 2.59. The van der Waals surface area contributed by atoms with Crippen LogP contribution in [0.3, 0.4) is 0 Å². The lowest BCUT2D eigenvalue weighted by Gasteiger charge is -2.02. The zero-order chi connectivity index (χ0) is 13.4. The van der Waals surface area contributed by atoms with Crippen molar-refractivity contribution in [2.75, 3.05) is 0 Å². The number of aryl methyl sites for hydroxylation is 1. The van der Waals surface area contributed by atoms with E-state index < -0.39 is 0 Å². The summed E-state index contributed by atoms with van der Waals surface area (Å²) in [5, 5.41) is 11.8. The summed E-state index contributed by atoms with van der Waals surface area (Å²) in [6.45, 7) is 3.56. The normalized spacial score (nSPS) is 10.9. The highest BCUT2D eigenvalue weighted by molar-refractivity contribution is 5.51. The van der Waals surface area contributed by atoms with E-state index in [2.05, 4.69) is 20.5 Å². The molecule has 0 saturated carbocycles. The van der Waals surface area contributed by atoms with Crippen LogP contribution in [0.25, 0.3) is 17.3 Å². The summed E-state index contributed by atoms with van der Waals surface area (Å²) in [7, 11) is 0. The van der Waals surface area contributed by atoms with Gasteiger partial charge in [-0.2, -0.15) is 4.98 Å². The average molecular weight is 259 g/mol. The number of halogens is 1. The van der Waals surface area contributed by atoms with Crippen LogP contribution >= 0.6 is 0 Å². The van der Waals surface area contributed by atoms with Crippen molar-refractivity contribution in [2.45, 2.75) is 13.8 Å². The lowest BCUT2D eigenvalue weighted by atomic mass is 10.3. The van der Waals surface area contributed by atoms with Crippen molar-refractivity contribution >= 4 is 0 Å². The minimum absolute atomic E-state index is 0.297. The SMILES string of the molecule is Cc1noc(-c2nnn(-c3ccc(F)cc3)c2C)n1. The van der Waals surface area contributed by atoms with Crippen LogP contribution in [0.15, 0.2) is 28.8 Å². The van der Waals surface area contributed by atoms with E-state index in [0.717, 1.165) is 5.69 Å². The fourth-order valence-electron chi connectivity index (χ4n) is 1.75. The van der Waals surface area contributed by atoms with Crippen LogP contribution in [0.5, 0.6) is 0 Å². The monoisotopic (exact) mass is 259 g/mol. The zero-order valence-electron chi connectivity index (χ0n) is 10.3. The highest BCUT2D eigenvalue weighted by Gasteiger charge is 2.17. The van der Waals surface area contributed by atoms with Crippen molar-refractivity contribution in [2.24, 2.45) is 0 Å². The molecule has 6 nitrogen and oxygen atoms in total. The van der Waals surface area contributed by atoms with Crippen molar-refractivity contribution < 1.29 is 8.91 Å². The van der Waals surface area contributed by atoms with Gasteiger partial charge in [0.2, 0.25) is 0 Å². The van der Waals surface area contributed by atoms with Gasteiger partial charge in [0.25, 0.3) is 5.89 Å². The summed E-state index contributed by atoms with van der Waals surface area (Å²) in [5.74, 6) is 0.559. The standard InChI is InChI=1S/C12H10FN5O/c1-7-11(12-14-8(2)16-19-12)15-17-18(7)10-5-3-9(13)4-6-10/h3-6H,1-2H3. The molecule has 0 aliphatic carbocycles. The van der Waals surface area contributed by atoms with Crippen molar-refractivity contribution in [3.8, 4) is 17.3 Å². The summed E-state index contributed by atoms with van der Waals surface area (Å²) >= 11 is 0. The number of benzene rings is 1. The molecule has 0 atom stereocenters. The van der Waals surface area contributed by atoms with Gasteiger partial charge in [0, 0.05) is 0 Å². The topological polar surface area (TPSA) is 69.6 Å². The Morgan fingerprint density at radius 1 is 1.16 bits per heavy atom. The molecular weight excluding hydrogens is 249 g/mol. The van der Waals surface area contributed by atoms with Crippen LogP contribution < -0.4 is 0 Å². The summed E-state index contributed by atoms with van der Waals surface area (Å²) in [6.07, 6.45) is 0. The molecule has 96 valence electrons. The molecule has 0 spiro atoms. The lowest BCUT2D eigenvalue weighted by molar-refractivity contribution is 0.424. The first-order valence-corrected chi connectivity index (χ1v) is 5.64. The predicted octanol–water partition coefficient (Wildman–Crippen LogP) is 2.07. The molecular formula is C12H10FN5O. The fourth-order valence-corrected chi connectivity index (χ4v) is 1.75. The number of nitrogens with zero attached hydrogens (tertiary/aromatic N) is 5. The van der Waals surface area contributed by atoms with Gasteiger partial charge in [-0.1, -0.05) is 10.4 Å². The molecule has 3 rings (SSSR count). The summed E-state index contributed by atoms with van der Waals surface area (Å²) in [4.78, 5) is 4.11. The van der Waals surface area contributed by atoms with Crippen LogP contribution in [0.4, 0.5) is 4.39 Å². The number of aromatic nitrogens is 5. The maximum atomic E-state index is 12.9. The average Bonchev–Trinajstić information content (AvgIpc) is 2.97. The predicted molar refractivity (Wildman–Crippen MR) is 64.1 cm³/mol. The van der Waals surface area contributed by atoms with E-state index >= 15 is 0 Å². The zero-order valence-corrected chi connectivity index (χ0v) is 10.3. The van der Waals surface area contributed by atoms with Crippen LogP contribution in [0.2, 0.25) is 0 Å². The molecule has 0 unspecified atom stereocenters. The van der Waals surface area contributed by atoms with E-state index in [4.69, 9.17) is 4.52 Å². The molecule has 0 amide bonds. The van der Waals surface area contributed by atoms with Crippen LogP contribution in [0, 0.1) is 19.7 Å². The van der Waals surface area contributed by atoms with E-state index in [1.165, 1.54) is 12.1 Å². The van der Waals surface area contributed by atoms with E-state index in [1.807, 2.05) is 6.92 Å². The van der Waals surface area contributed by atoms with Gasteiger partial charge in [-0.3, -0.25) is 0 Å². The Morgan fingerprint density at radius 3 is 2.53 bits per heavy atom. The molecule has 0 N–H and O–H groups in total. The third kappa shape index (κ3) is 1.99. The van der Waals surface area contributed by atoms with Gasteiger partial charge in [0.15, 0.2) is 11.5 Å². The van der Waals surface area contributed by atoms with Crippen LogP contribution in [-0.4, -0.2) is 25.1 Å². The van der Waals surface area contributed by atoms with Crippen molar-refractivity contribution in [1.82, 2.24) is 25.1 Å². The molecule has 19 heavy (non-hydrogen) atoms. The van der Waals surface area contributed by atoms with Crippen molar-refractivity contribution in [1.29, 1.82) is 0 Å². The first-order chi connectivity index (χ1) is 9.15. The molecule has 0 aliphatic heterocycles. The smallest absolute Gasteiger partial charge is 0.280 e. The van der Waals surface area contributed by atoms with Crippen LogP contribution in [0.1, 0.15) is 11.5 Å². The third-order valence-electron chi connectivity index (χ3n) is 2.70. The molecule has 2 heterocycles. The van der Waals surface area contributed by atoms with Gasteiger partial charge in [0.1, 0.15) is 5.82 Å². The first-order valence-electron chi connectivity index (χ1n) is 5.64. The molecule has 0 aliphatic rings. The maximum absolute atomic E-state index is 12.9. The minimum Gasteiger partial charge on any atom is -0.332 e. The highest BCUT2D eigenvalue weighted by Crippen LogP contribution is 2.20. The first kappa shape index (κ1) is 11.5. The summed E-state index contributed by atoms with van der Waals surface area (Å²) in [6, 6.07) is 5.99. The van der Waals surface area contributed by atoms with E-state index in [9.17, 15) is 4.39 Å². The van der Waals surface area contributed by atoms with Crippen molar-refractivity contribution in [3.05, 3.63) is 41.6 Å². The number of hydrogen-bond acceptors (Lipinski definition) is 5. The quantitative estimate of drug-likeness (QED) is 0.704. The van der Waals surface area contributed by atoms with Gasteiger partial charge in [0.05, 0.1) is 11.4 Å². The Balaban J connectivity index is 2.06. The molecule has 0 bridgehead atoms. The molecule has 0 saturated heterocycles. The Hall–Kier alpha value is -2.57. The Labute approximate surface area is 107 Å². The molecule has 2 aromatic heterocycles. The second-order valence-corrected chi connectivity index (χ2v) is 4.06. The third-order valence-corrected chi connectivity index (χ3v) is 2.70. The molecule has 0 radical (unpaired) electrons. The fraction of sp³-hybridized carbons (Fsp3) is 0.167. The van der Waals surface area contributed by atoms with Gasteiger partial charge in [-0.25, -0.2) is 9.07 Å². The summed E-state index contributed by atoms with van der Waals surface area (Å²) < 4.78 is 19.6. The Bertz CT molecular complexity index is 716. The minimum atomic E-state index is -0.297.